The lowest BCUT2D eigenvalue weighted by molar-refractivity contribution is 0.341. The Kier molecular flexibility index (Phi) is 3.42. The molecule has 84 valence electrons. The van der Waals surface area contributed by atoms with Crippen molar-refractivity contribution in [3.05, 3.63) is 16.1 Å². The number of aryl methyl sites for hydroxylation is 1. The molecule has 2 rings (SSSR count). The van der Waals surface area contributed by atoms with Gasteiger partial charge in [0.1, 0.15) is 0 Å². The Morgan fingerprint density at radius 3 is 3.00 bits per heavy atom. The number of hydrogen-bond donors (Lipinski definition) is 1. The van der Waals surface area contributed by atoms with Crippen molar-refractivity contribution in [3.63, 3.8) is 0 Å². The third kappa shape index (κ3) is 2.58. The zero-order valence-electron chi connectivity index (χ0n) is 9.68. The number of hydrogen-bond acceptors (Lipinski definition) is 3. The molecule has 0 saturated carbocycles. The van der Waals surface area contributed by atoms with Crippen molar-refractivity contribution >= 4 is 11.3 Å². The van der Waals surface area contributed by atoms with Crippen LogP contribution in [-0.2, 0) is 6.42 Å². The standard InChI is InChI=1S/C12H20N2S/c1-3-5-12(6-4-7-13-12)8-11-14-10(2)9-15-11/h9,13H,3-8H2,1-2H3. The third-order valence-electron chi connectivity index (χ3n) is 3.22. The molecule has 0 aliphatic carbocycles. The molecule has 1 atom stereocenters. The van der Waals surface area contributed by atoms with Gasteiger partial charge in [-0.05, 0) is 32.7 Å². The highest BCUT2D eigenvalue weighted by Gasteiger charge is 2.33. The largest absolute Gasteiger partial charge is 0.311 e. The fraction of sp³-hybridized carbons (Fsp3) is 0.750. The monoisotopic (exact) mass is 224 g/mol. The van der Waals surface area contributed by atoms with Crippen LogP contribution >= 0.6 is 11.3 Å². The average Bonchev–Trinajstić information content (AvgIpc) is 2.78. The van der Waals surface area contributed by atoms with E-state index in [0.717, 1.165) is 6.42 Å². The van der Waals surface area contributed by atoms with E-state index in [0.29, 0.717) is 5.54 Å². The lowest BCUT2D eigenvalue weighted by Gasteiger charge is -2.28. The highest BCUT2D eigenvalue weighted by molar-refractivity contribution is 7.09. The zero-order chi connectivity index (χ0) is 10.7. The van der Waals surface area contributed by atoms with E-state index in [1.54, 1.807) is 0 Å². The predicted molar refractivity (Wildman–Crippen MR) is 65.4 cm³/mol. The van der Waals surface area contributed by atoms with E-state index >= 15 is 0 Å². The van der Waals surface area contributed by atoms with Gasteiger partial charge in [0.25, 0.3) is 0 Å². The van der Waals surface area contributed by atoms with Crippen molar-refractivity contribution in [2.24, 2.45) is 0 Å². The molecule has 1 unspecified atom stereocenters. The van der Waals surface area contributed by atoms with Gasteiger partial charge in [0.05, 0.1) is 5.01 Å². The van der Waals surface area contributed by atoms with Crippen molar-refractivity contribution in [1.29, 1.82) is 0 Å². The van der Waals surface area contributed by atoms with E-state index in [-0.39, 0.29) is 0 Å². The maximum absolute atomic E-state index is 4.58. The molecule has 2 nitrogen and oxygen atoms in total. The van der Waals surface area contributed by atoms with Crippen LogP contribution in [0.3, 0.4) is 0 Å². The first-order valence-electron chi connectivity index (χ1n) is 5.90. The van der Waals surface area contributed by atoms with Crippen LogP contribution in [-0.4, -0.2) is 17.1 Å². The summed E-state index contributed by atoms with van der Waals surface area (Å²) < 4.78 is 0. The molecule has 2 heterocycles. The van der Waals surface area contributed by atoms with Crippen LogP contribution in [0.1, 0.15) is 43.3 Å². The molecule has 0 amide bonds. The molecule has 1 aliphatic heterocycles. The van der Waals surface area contributed by atoms with Gasteiger partial charge in [0, 0.05) is 23.0 Å². The Morgan fingerprint density at radius 1 is 1.60 bits per heavy atom. The van der Waals surface area contributed by atoms with E-state index in [1.807, 2.05) is 11.3 Å². The van der Waals surface area contributed by atoms with Gasteiger partial charge >= 0.3 is 0 Å². The summed E-state index contributed by atoms with van der Waals surface area (Å²) in [7, 11) is 0. The van der Waals surface area contributed by atoms with Crippen LogP contribution in [0.15, 0.2) is 5.38 Å². The van der Waals surface area contributed by atoms with Gasteiger partial charge in [0.15, 0.2) is 0 Å². The predicted octanol–water partition coefficient (Wildman–Crippen LogP) is 2.92. The molecule has 1 fully saturated rings. The van der Waals surface area contributed by atoms with Crippen LogP contribution < -0.4 is 5.32 Å². The molecular formula is C12H20N2S. The van der Waals surface area contributed by atoms with Crippen molar-refractivity contribution in [1.82, 2.24) is 10.3 Å². The van der Waals surface area contributed by atoms with E-state index < -0.39 is 0 Å². The molecule has 1 aromatic rings. The lowest BCUT2D eigenvalue weighted by Crippen LogP contribution is -2.41. The molecular weight excluding hydrogens is 204 g/mol. The van der Waals surface area contributed by atoms with Gasteiger partial charge in [-0.2, -0.15) is 0 Å². The summed E-state index contributed by atoms with van der Waals surface area (Å²) >= 11 is 1.81. The molecule has 1 aliphatic rings. The van der Waals surface area contributed by atoms with E-state index in [2.05, 4.69) is 29.5 Å². The van der Waals surface area contributed by atoms with Crippen molar-refractivity contribution < 1.29 is 0 Å². The Balaban J connectivity index is 2.06. The number of rotatable bonds is 4. The second-order valence-corrected chi connectivity index (χ2v) is 5.56. The smallest absolute Gasteiger partial charge is 0.0946 e. The molecule has 0 spiro atoms. The summed E-state index contributed by atoms with van der Waals surface area (Å²) in [5.41, 5.74) is 1.53. The second kappa shape index (κ2) is 4.62. The van der Waals surface area contributed by atoms with Gasteiger partial charge in [-0.3, -0.25) is 0 Å². The quantitative estimate of drug-likeness (QED) is 0.850. The van der Waals surface area contributed by atoms with E-state index in [1.165, 1.54) is 42.9 Å². The van der Waals surface area contributed by atoms with E-state index in [9.17, 15) is 0 Å². The first-order chi connectivity index (χ1) is 7.24. The summed E-state index contributed by atoms with van der Waals surface area (Å²) in [6.45, 7) is 5.54. The van der Waals surface area contributed by atoms with Crippen LogP contribution in [0.25, 0.3) is 0 Å². The third-order valence-corrected chi connectivity index (χ3v) is 4.18. The van der Waals surface area contributed by atoms with Crippen LogP contribution in [0.2, 0.25) is 0 Å². The van der Waals surface area contributed by atoms with Crippen molar-refractivity contribution in [3.8, 4) is 0 Å². The topological polar surface area (TPSA) is 24.9 Å². The van der Waals surface area contributed by atoms with Crippen LogP contribution in [0.5, 0.6) is 0 Å². The van der Waals surface area contributed by atoms with Crippen molar-refractivity contribution in [2.45, 2.75) is 51.5 Å². The fourth-order valence-corrected chi connectivity index (χ4v) is 3.49. The summed E-state index contributed by atoms with van der Waals surface area (Å²) in [4.78, 5) is 4.58. The van der Waals surface area contributed by atoms with Gasteiger partial charge in [0.2, 0.25) is 0 Å². The van der Waals surface area contributed by atoms with Gasteiger partial charge < -0.3 is 5.32 Å². The molecule has 1 saturated heterocycles. The number of nitrogens with one attached hydrogen (secondary N) is 1. The molecule has 15 heavy (non-hydrogen) atoms. The summed E-state index contributed by atoms with van der Waals surface area (Å²) in [5.74, 6) is 0. The minimum Gasteiger partial charge on any atom is -0.311 e. The van der Waals surface area contributed by atoms with Gasteiger partial charge in [-0.25, -0.2) is 4.98 Å². The number of nitrogens with zero attached hydrogens (tertiary/aromatic N) is 1. The SMILES string of the molecule is CCCC1(Cc2nc(C)cs2)CCCN1. The highest BCUT2D eigenvalue weighted by atomic mass is 32.1. The Hall–Kier alpha value is -0.410. The summed E-state index contributed by atoms with van der Waals surface area (Å²) in [6.07, 6.45) is 6.31. The Morgan fingerprint density at radius 2 is 2.47 bits per heavy atom. The molecule has 1 aromatic heterocycles. The maximum atomic E-state index is 4.58. The highest BCUT2D eigenvalue weighted by Crippen LogP contribution is 2.29. The summed E-state index contributed by atoms with van der Waals surface area (Å²) in [5, 5.41) is 7.15. The maximum Gasteiger partial charge on any atom is 0.0946 e. The number of aromatic nitrogens is 1. The minimum absolute atomic E-state index is 0.360. The van der Waals surface area contributed by atoms with Crippen molar-refractivity contribution in [2.75, 3.05) is 6.54 Å². The Bertz CT molecular complexity index is 313. The Labute approximate surface area is 96.1 Å². The van der Waals surface area contributed by atoms with Crippen LogP contribution in [0.4, 0.5) is 0 Å². The van der Waals surface area contributed by atoms with Crippen LogP contribution in [0, 0.1) is 6.92 Å². The minimum atomic E-state index is 0.360. The molecule has 3 heteroatoms. The number of thiazole rings is 1. The fourth-order valence-electron chi connectivity index (χ4n) is 2.57. The first-order valence-corrected chi connectivity index (χ1v) is 6.78. The van der Waals surface area contributed by atoms with E-state index in [4.69, 9.17) is 0 Å². The molecule has 0 bridgehead atoms. The first kappa shape index (κ1) is 11.1. The average molecular weight is 224 g/mol. The lowest BCUT2D eigenvalue weighted by atomic mass is 9.89. The molecule has 1 N–H and O–H groups in total. The summed E-state index contributed by atoms with van der Waals surface area (Å²) in [6, 6.07) is 0. The second-order valence-electron chi connectivity index (χ2n) is 4.62. The van der Waals surface area contributed by atoms with Gasteiger partial charge in [-0.15, -0.1) is 11.3 Å². The molecule has 0 aromatic carbocycles. The molecule has 0 radical (unpaired) electrons. The normalized spacial score (nSPS) is 26.0. The van der Waals surface area contributed by atoms with Gasteiger partial charge in [-0.1, -0.05) is 13.3 Å². The zero-order valence-corrected chi connectivity index (χ0v) is 10.5.